The molecule has 0 unspecified atom stereocenters. The van der Waals surface area contributed by atoms with Gasteiger partial charge < -0.3 is 20.6 Å². The summed E-state index contributed by atoms with van der Waals surface area (Å²) in [6, 6.07) is 1.91. The molecule has 0 saturated carbocycles. The van der Waals surface area contributed by atoms with E-state index in [-0.39, 0.29) is 5.84 Å². The molecule has 0 bridgehead atoms. The fourth-order valence-corrected chi connectivity index (χ4v) is 1.82. The molecule has 0 aliphatic rings. The lowest BCUT2D eigenvalue weighted by Gasteiger charge is -2.23. The zero-order valence-electron chi connectivity index (χ0n) is 11.3. The minimum Gasteiger partial charge on any atom is -0.409 e. The van der Waals surface area contributed by atoms with Crippen molar-refractivity contribution in [3.8, 4) is 0 Å². The summed E-state index contributed by atoms with van der Waals surface area (Å²) in [5.41, 5.74) is 8.88. The van der Waals surface area contributed by atoms with Crippen LogP contribution in [0, 0.1) is 13.8 Å². The van der Waals surface area contributed by atoms with E-state index in [0.717, 1.165) is 17.1 Å². The maximum Gasteiger partial charge on any atom is 0.174 e. The van der Waals surface area contributed by atoms with Gasteiger partial charge in [0.1, 0.15) is 0 Å². The number of rotatable bonds is 5. The fourth-order valence-electron chi connectivity index (χ4n) is 1.82. The predicted octanol–water partition coefficient (Wildman–Crippen LogP) is 0.876. The van der Waals surface area contributed by atoms with Crippen molar-refractivity contribution in [2.45, 2.75) is 13.8 Å². The summed E-state index contributed by atoms with van der Waals surface area (Å²) in [5, 5.41) is 11.9. The van der Waals surface area contributed by atoms with Crippen LogP contribution in [0.25, 0.3) is 0 Å². The minimum atomic E-state index is 0.0688. The van der Waals surface area contributed by atoms with Gasteiger partial charge >= 0.3 is 0 Å². The van der Waals surface area contributed by atoms with E-state index in [0.29, 0.717) is 18.7 Å². The number of amidine groups is 1. The Hall–Kier alpha value is -1.82. The molecule has 0 amide bonds. The first-order valence-corrected chi connectivity index (χ1v) is 5.67. The van der Waals surface area contributed by atoms with Crippen LogP contribution in [0.15, 0.2) is 11.2 Å². The van der Waals surface area contributed by atoms with E-state index in [1.54, 1.807) is 7.11 Å². The summed E-state index contributed by atoms with van der Waals surface area (Å²) < 4.78 is 5.05. The molecule has 3 N–H and O–H groups in total. The van der Waals surface area contributed by atoms with Gasteiger partial charge in [0.25, 0.3) is 0 Å². The number of oxime groups is 1. The van der Waals surface area contributed by atoms with E-state index in [1.807, 2.05) is 31.9 Å². The van der Waals surface area contributed by atoms with Crippen molar-refractivity contribution in [1.29, 1.82) is 0 Å². The Labute approximate surface area is 107 Å². The van der Waals surface area contributed by atoms with Gasteiger partial charge in [-0.2, -0.15) is 0 Å². The number of likely N-dealkylation sites (N-methyl/N-ethyl adjacent to an activating group) is 1. The van der Waals surface area contributed by atoms with Gasteiger partial charge in [-0.3, -0.25) is 4.98 Å². The van der Waals surface area contributed by atoms with Gasteiger partial charge in [-0.1, -0.05) is 5.16 Å². The predicted molar refractivity (Wildman–Crippen MR) is 71.4 cm³/mol. The van der Waals surface area contributed by atoms with Crippen LogP contribution in [0.1, 0.15) is 17.0 Å². The third kappa shape index (κ3) is 3.10. The first kappa shape index (κ1) is 14.2. The van der Waals surface area contributed by atoms with Gasteiger partial charge in [-0.15, -0.1) is 0 Å². The van der Waals surface area contributed by atoms with Crippen LogP contribution < -0.4 is 10.6 Å². The maximum absolute atomic E-state index is 8.86. The summed E-state index contributed by atoms with van der Waals surface area (Å²) in [4.78, 5) is 6.33. The molecule has 100 valence electrons. The van der Waals surface area contributed by atoms with Crippen molar-refractivity contribution < 1.29 is 9.94 Å². The third-order valence-electron chi connectivity index (χ3n) is 2.71. The Bertz CT molecular complexity index is 446. The average molecular weight is 252 g/mol. The van der Waals surface area contributed by atoms with Crippen molar-refractivity contribution in [2.24, 2.45) is 10.9 Å². The number of pyridine rings is 1. The molecule has 1 rings (SSSR count). The van der Waals surface area contributed by atoms with Gasteiger partial charge in [0.15, 0.2) is 5.84 Å². The highest BCUT2D eigenvalue weighted by atomic mass is 16.5. The monoisotopic (exact) mass is 252 g/mol. The molecule has 6 nitrogen and oxygen atoms in total. The lowest BCUT2D eigenvalue weighted by molar-refractivity contribution is 0.206. The molecule has 0 aliphatic heterocycles. The SMILES string of the molecule is COCCN(C)c1cc(C)nc(C)c1/C(N)=N/O. The largest absolute Gasteiger partial charge is 0.409 e. The molecule has 6 heteroatoms. The molecule has 1 heterocycles. The molecule has 18 heavy (non-hydrogen) atoms. The molecule has 0 fully saturated rings. The lowest BCUT2D eigenvalue weighted by Crippen LogP contribution is -2.27. The Morgan fingerprint density at radius 3 is 2.78 bits per heavy atom. The highest BCUT2D eigenvalue weighted by molar-refractivity contribution is 6.03. The standard InChI is InChI=1S/C12H20N4O2/c1-8-7-10(16(3)5-6-18-4)11(9(2)14-8)12(13)15-17/h7,17H,5-6H2,1-4H3,(H2,13,15). The Kier molecular flexibility index (Phi) is 4.91. The quantitative estimate of drug-likeness (QED) is 0.352. The Morgan fingerprint density at radius 1 is 1.56 bits per heavy atom. The first-order valence-electron chi connectivity index (χ1n) is 5.67. The highest BCUT2D eigenvalue weighted by Crippen LogP contribution is 2.22. The van der Waals surface area contributed by atoms with E-state index in [4.69, 9.17) is 15.7 Å². The zero-order valence-corrected chi connectivity index (χ0v) is 11.3. The summed E-state index contributed by atoms with van der Waals surface area (Å²) >= 11 is 0. The van der Waals surface area contributed by atoms with E-state index >= 15 is 0 Å². The Morgan fingerprint density at radius 2 is 2.22 bits per heavy atom. The number of nitrogens with two attached hydrogens (primary N) is 1. The highest BCUT2D eigenvalue weighted by Gasteiger charge is 2.15. The van der Waals surface area contributed by atoms with E-state index < -0.39 is 0 Å². The molecule has 1 aromatic heterocycles. The molecule has 1 aromatic rings. The smallest absolute Gasteiger partial charge is 0.174 e. The number of aromatic nitrogens is 1. The van der Waals surface area contributed by atoms with Crippen LogP contribution in [-0.2, 0) is 4.74 Å². The topological polar surface area (TPSA) is 84.0 Å². The lowest BCUT2D eigenvalue weighted by atomic mass is 10.1. The van der Waals surface area contributed by atoms with Gasteiger partial charge in [-0.25, -0.2) is 0 Å². The number of anilines is 1. The van der Waals surface area contributed by atoms with Crippen molar-refractivity contribution in [3.05, 3.63) is 23.0 Å². The average Bonchev–Trinajstić information content (AvgIpc) is 2.34. The minimum absolute atomic E-state index is 0.0688. The number of hydrogen-bond donors (Lipinski definition) is 2. The fraction of sp³-hybridized carbons (Fsp3) is 0.500. The van der Waals surface area contributed by atoms with Gasteiger partial charge in [-0.05, 0) is 19.9 Å². The van der Waals surface area contributed by atoms with Crippen LogP contribution in [0.3, 0.4) is 0 Å². The van der Waals surface area contributed by atoms with E-state index in [9.17, 15) is 0 Å². The summed E-state index contributed by atoms with van der Waals surface area (Å²) in [6.45, 7) is 5.07. The molecular formula is C12H20N4O2. The van der Waals surface area contributed by atoms with Crippen molar-refractivity contribution >= 4 is 11.5 Å². The molecule has 0 saturated heterocycles. The van der Waals surface area contributed by atoms with Gasteiger partial charge in [0, 0.05) is 26.4 Å². The van der Waals surface area contributed by atoms with Crippen molar-refractivity contribution in [1.82, 2.24) is 4.98 Å². The summed E-state index contributed by atoms with van der Waals surface area (Å²) in [6.07, 6.45) is 0. The number of aryl methyl sites for hydroxylation is 2. The number of methoxy groups -OCH3 is 1. The van der Waals surface area contributed by atoms with Crippen LogP contribution >= 0.6 is 0 Å². The van der Waals surface area contributed by atoms with Crippen molar-refractivity contribution in [2.75, 3.05) is 32.2 Å². The Balaban J connectivity index is 3.23. The molecule has 0 radical (unpaired) electrons. The van der Waals surface area contributed by atoms with Crippen LogP contribution in [0.4, 0.5) is 5.69 Å². The van der Waals surface area contributed by atoms with E-state index in [1.165, 1.54) is 0 Å². The number of hydrogen-bond acceptors (Lipinski definition) is 5. The zero-order chi connectivity index (χ0) is 13.7. The van der Waals surface area contributed by atoms with Crippen LogP contribution in [0.5, 0.6) is 0 Å². The number of nitrogens with zero attached hydrogens (tertiary/aromatic N) is 3. The van der Waals surface area contributed by atoms with E-state index in [2.05, 4.69) is 10.1 Å². The van der Waals surface area contributed by atoms with Gasteiger partial charge in [0.2, 0.25) is 0 Å². The van der Waals surface area contributed by atoms with Crippen molar-refractivity contribution in [3.63, 3.8) is 0 Å². The molecule has 0 spiro atoms. The molecule has 0 aliphatic carbocycles. The molecule has 0 aromatic carbocycles. The molecular weight excluding hydrogens is 232 g/mol. The normalized spacial score (nSPS) is 11.7. The van der Waals surface area contributed by atoms with Crippen LogP contribution in [0.2, 0.25) is 0 Å². The first-order chi connectivity index (χ1) is 8.51. The van der Waals surface area contributed by atoms with Crippen LogP contribution in [-0.4, -0.2) is 43.3 Å². The number of ether oxygens (including phenoxy) is 1. The van der Waals surface area contributed by atoms with Gasteiger partial charge in [0.05, 0.1) is 23.6 Å². The third-order valence-corrected chi connectivity index (χ3v) is 2.71. The second-order valence-electron chi connectivity index (χ2n) is 4.14. The maximum atomic E-state index is 8.86. The molecule has 0 atom stereocenters. The second-order valence-corrected chi connectivity index (χ2v) is 4.14. The second kappa shape index (κ2) is 6.20. The summed E-state index contributed by atoms with van der Waals surface area (Å²) in [7, 11) is 3.59. The summed E-state index contributed by atoms with van der Waals surface area (Å²) in [5.74, 6) is 0.0688.